The van der Waals surface area contributed by atoms with E-state index in [1.165, 1.54) is 12.8 Å². The molecule has 0 saturated heterocycles. The van der Waals surface area contributed by atoms with Gasteiger partial charge < -0.3 is 4.90 Å². The predicted octanol–water partition coefficient (Wildman–Crippen LogP) is 4.11. The molecule has 5 heteroatoms. The Hall–Kier alpha value is 0.200. The zero-order valence-electron chi connectivity index (χ0n) is 8.96. The van der Waals surface area contributed by atoms with E-state index in [1.807, 2.05) is 6.07 Å². The second-order valence-electron chi connectivity index (χ2n) is 4.27. The maximum Gasteiger partial charge on any atom is 0.142 e. The average Bonchev–Trinajstić information content (AvgIpc) is 2.15. The molecule has 1 aromatic heterocycles. The first-order valence-corrected chi connectivity index (χ1v) is 7.31. The lowest BCUT2D eigenvalue weighted by Gasteiger charge is -2.35. The Bertz CT molecular complexity index is 380. The van der Waals surface area contributed by atoms with Gasteiger partial charge in [-0.05, 0) is 40.8 Å². The molecule has 1 fully saturated rings. The Kier molecular flexibility index (Phi) is 4.14. The highest BCUT2D eigenvalue weighted by atomic mass is 79.9. The van der Waals surface area contributed by atoms with Gasteiger partial charge in [-0.1, -0.05) is 27.5 Å². The number of halogens is 3. The topological polar surface area (TPSA) is 16.1 Å². The number of nitrogens with zero attached hydrogens (tertiary/aromatic N) is 2. The number of pyridine rings is 1. The lowest BCUT2D eigenvalue weighted by atomic mass is 9.85. The lowest BCUT2D eigenvalue weighted by molar-refractivity contribution is 0.338. The van der Waals surface area contributed by atoms with Crippen LogP contribution in [0.3, 0.4) is 0 Å². The second-order valence-corrected chi connectivity index (χ2v) is 6.86. The van der Waals surface area contributed by atoms with Gasteiger partial charge in [0.2, 0.25) is 0 Å². The summed E-state index contributed by atoms with van der Waals surface area (Å²) in [5.41, 5.74) is 0. The summed E-state index contributed by atoms with van der Waals surface area (Å²) in [6, 6.07) is 1.88. The minimum absolute atomic E-state index is 0.660. The van der Waals surface area contributed by atoms with Crippen molar-refractivity contribution >= 4 is 49.3 Å². The number of aromatic nitrogens is 1. The molecule has 0 radical (unpaired) electrons. The number of alkyl halides is 1. The van der Waals surface area contributed by atoms with Crippen LogP contribution >= 0.6 is 43.5 Å². The SMILES string of the molecule is CN(CC1CC(Br)C1)c1ncc(Cl)cc1Br. The third-order valence-corrected chi connectivity index (χ3v) is 4.40. The predicted molar refractivity (Wildman–Crippen MR) is 75.7 cm³/mol. The monoisotopic (exact) mass is 366 g/mol. The molecule has 2 nitrogen and oxygen atoms in total. The number of anilines is 1. The first-order valence-electron chi connectivity index (χ1n) is 5.22. The van der Waals surface area contributed by atoms with E-state index < -0.39 is 0 Å². The van der Waals surface area contributed by atoms with Crippen LogP contribution < -0.4 is 4.90 Å². The molecule has 1 aliphatic carbocycles. The molecule has 0 atom stereocenters. The number of hydrogen-bond acceptors (Lipinski definition) is 2. The Labute approximate surface area is 118 Å². The molecule has 0 unspecified atom stereocenters. The van der Waals surface area contributed by atoms with Gasteiger partial charge in [0.1, 0.15) is 5.82 Å². The van der Waals surface area contributed by atoms with Crippen molar-refractivity contribution in [2.45, 2.75) is 17.7 Å². The smallest absolute Gasteiger partial charge is 0.142 e. The van der Waals surface area contributed by atoms with Crippen molar-refractivity contribution in [2.24, 2.45) is 5.92 Å². The van der Waals surface area contributed by atoms with Crippen molar-refractivity contribution < 1.29 is 0 Å². The molecule has 2 rings (SSSR count). The standard InChI is InChI=1S/C11H13Br2ClN2/c1-16(6-7-2-8(12)3-7)11-10(13)4-9(14)5-15-11/h4-5,7-8H,2-3,6H2,1H3. The largest absolute Gasteiger partial charge is 0.358 e. The third-order valence-electron chi connectivity index (χ3n) is 2.86. The first-order chi connectivity index (χ1) is 7.56. The van der Waals surface area contributed by atoms with E-state index in [4.69, 9.17) is 11.6 Å². The first kappa shape index (κ1) is 12.7. The molecule has 88 valence electrons. The Morgan fingerprint density at radius 1 is 1.56 bits per heavy atom. The van der Waals surface area contributed by atoms with Crippen LogP contribution in [0, 0.1) is 5.92 Å². The summed E-state index contributed by atoms with van der Waals surface area (Å²) in [6.45, 7) is 1.05. The minimum Gasteiger partial charge on any atom is -0.358 e. The average molecular weight is 369 g/mol. The highest BCUT2D eigenvalue weighted by Gasteiger charge is 2.28. The van der Waals surface area contributed by atoms with Crippen molar-refractivity contribution in [1.82, 2.24) is 4.98 Å². The summed E-state index contributed by atoms with van der Waals surface area (Å²) in [6.07, 6.45) is 4.21. The molecule has 1 heterocycles. The number of hydrogen-bond donors (Lipinski definition) is 0. The zero-order valence-corrected chi connectivity index (χ0v) is 12.9. The van der Waals surface area contributed by atoms with E-state index in [0.29, 0.717) is 9.85 Å². The van der Waals surface area contributed by atoms with Crippen LogP contribution in [0.5, 0.6) is 0 Å². The van der Waals surface area contributed by atoms with E-state index in [9.17, 15) is 0 Å². The highest BCUT2D eigenvalue weighted by molar-refractivity contribution is 9.10. The summed E-state index contributed by atoms with van der Waals surface area (Å²) < 4.78 is 0.956. The van der Waals surface area contributed by atoms with E-state index in [1.54, 1.807) is 6.20 Å². The molecule has 0 aromatic carbocycles. The van der Waals surface area contributed by atoms with Crippen molar-refractivity contribution in [1.29, 1.82) is 0 Å². The van der Waals surface area contributed by atoms with Gasteiger partial charge in [-0.15, -0.1) is 0 Å². The molecule has 1 aliphatic rings. The summed E-state index contributed by atoms with van der Waals surface area (Å²) in [5, 5.41) is 0.660. The normalized spacial score (nSPS) is 24.0. The Morgan fingerprint density at radius 2 is 2.25 bits per heavy atom. The summed E-state index contributed by atoms with van der Waals surface area (Å²) in [4.78, 5) is 7.24. The van der Waals surface area contributed by atoms with Crippen molar-refractivity contribution in [2.75, 3.05) is 18.5 Å². The van der Waals surface area contributed by atoms with Gasteiger partial charge in [0.25, 0.3) is 0 Å². The quantitative estimate of drug-likeness (QED) is 0.747. The maximum absolute atomic E-state index is 5.87. The summed E-state index contributed by atoms with van der Waals surface area (Å²) >= 11 is 13.0. The zero-order chi connectivity index (χ0) is 11.7. The van der Waals surface area contributed by atoms with Crippen LogP contribution in [0.4, 0.5) is 5.82 Å². The van der Waals surface area contributed by atoms with Crippen molar-refractivity contribution in [3.63, 3.8) is 0 Å². The molecular formula is C11H13Br2ClN2. The molecule has 16 heavy (non-hydrogen) atoms. The highest BCUT2D eigenvalue weighted by Crippen LogP contribution is 2.35. The van der Waals surface area contributed by atoms with E-state index >= 15 is 0 Å². The molecule has 0 amide bonds. The van der Waals surface area contributed by atoms with Gasteiger partial charge in [-0.2, -0.15) is 0 Å². The summed E-state index contributed by atoms with van der Waals surface area (Å²) in [7, 11) is 2.07. The van der Waals surface area contributed by atoms with Crippen LogP contribution in [-0.4, -0.2) is 23.4 Å². The fraction of sp³-hybridized carbons (Fsp3) is 0.545. The maximum atomic E-state index is 5.87. The van der Waals surface area contributed by atoms with Gasteiger partial charge in [0.15, 0.2) is 0 Å². The van der Waals surface area contributed by atoms with Gasteiger partial charge in [-0.3, -0.25) is 0 Å². The van der Waals surface area contributed by atoms with Crippen LogP contribution in [0.15, 0.2) is 16.7 Å². The van der Waals surface area contributed by atoms with E-state index in [-0.39, 0.29) is 0 Å². The van der Waals surface area contributed by atoms with E-state index in [2.05, 4.69) is 48.8 Å². The number of rotatable bonds is 3. The van der Waals surface area contributed by atoms with Crippen LogP contribution in [0.25, 0.3) is 0 Å². The van der Waals surface area contributed by atoms with Crippen molar-refractivity contribution in [3.05, 3.63) is 21.8 Å². The van der Waals surface area contributed by atoms with Crippen LogP contribution in [0.2, 0.25) is 5.02 Å². The Morgan fingerprint density at radius 3 is 2.81 bits per heavy atom. The Balaban J connectivity index is 2.00. The van der Waals surface area contributed by atoms with Crippen molar-refractivity contribution in [3.8, 4) is 0 Å². The van der Waals surface area contributed by atoms with Gasteiger partial charge in [0.05, 0.1) is 9.50 Å². The van der Waals surface area contributed by atoms with Crippen LogP contribution in [0.1, 0.15) is 12.8 Å². The molecule has 0 spiro atoms. The minimum atomic E-state index is 0.660. The second kappa shape index (κ2) is 5.23. The van der Waals surface area contributed by atoms with Gasteiger partial charge in [0, 0.05) is 24.6 Å². The molecule has 0 bridgehead atoms. The van der Waals surface area contributed by atoms with Gasteiger partial charge >= 0.3 is 0 Å². The van der Waals surface area contributed by atoms with E-state index in [0.717, 1.165) is 22.8 Å². The fourth-order valence-corrected chi connectivity index (χ4v) is 3.96. The molecule has 0 aliphatic heterocycles. The fourth-order valence-electron chi connectivity index (χ4n) is 1.97. The van der Waals surface area contributed by atoms with Gasteiger partial charge in [-0.25, -0.2) is 4.98 Å². The molecule has 1 aromatic rings. The summed E-state index contributed by atoms with van der Waals surface area (Å²) in [5.74, 6) is 1.74. The van der Waals surface area contributed by atoms with Crippen LogP contribution in [-0.2, 0) is 0 Å². The molecule has 1 saturated carbocycles. The third kappa shape index (κ3) is 2.90. The molecular weight excluding hydrogens is 355 g/mol. The molecule has 0 N–H and O–H groups in total. The lowest BCUT2D eigenvalue weighted by Crippen LogP contribution is -2.35.